The molecule has 0 aromatic carbocycles. The lowest BCUT2D eigenvalue weighted by molar-refractivity contribution is -0.118. The number of likely N-dealkylation sites (tertiary alicyclic amines) is 1. The van der Waals surface area contributed by atoms with Crippen molar-refractivity contribution in [3.05, 3.63) is 0 Å². The van der Waals surface area contributed by atoms with E-state index in [0.29, 0.717) is 13.0 Å². The number of nitrogens with one attached hydrogen (secondary N) is 1. The zero-order valence-corrected chi connectivity index (χ0v) is 14.9. The largest absolute Gasteiger partial charge is 0.444 e. The predicted molar refractivity (Wildman–Crippen MR) is 91.1 cm³/mol. The number of nitrogens with zero attached hydrogens (tertiary/aromatic N) is 1. The molecule has 1 fully saturated rings. The average Bonchev–Trinajstić information content (AvgIpc) is 2.43. The van der Waals surface area contributed by atoms with Crippen molar-refractivity contribution in [1.82, 2.24) is 10.2 Å². The second-order valence-electron chi connectivity index (χ2n) is 7.43. The standard InChI is InChI=1S/C17H33N3O3/c1-17(2,3)23-16(22)19-10-5-11-20-12-8-14(9-13-20)6-4-7-15(18)21/h14H,4-13H2,1-3H3,(H2,18,21)(H,19,22). The lowest BCUT2D eigenvalue weighted by Crippen LogP contribution is -2.37. The predicted octanol–water partition coefficient (Wildman–Crippen LogP) is 2.27. The first-order chi connectivity index (χ1) is 10.8. The molecule has 0 atom stereocenters. The molecule has 6 nitrogen and oxygen atoms in total. The molecule has 23 heavy (non-hydrogen) atoms. The van der Waals surface area contributed by atoms with E-state index in [9.17, 15) is 9.59 Å². The van der Waals surface area contributed by atoms with E-state index in [1.807, 2.05) is 20.8 Å². The van der Waals surface area contributed by atoms with Gasteiger partial charge in [-0.15, -0.1) is 0 Å². The quantitative estimate of drug-likeness (QED) is 0.670. The molecular formula is C17H33N3O3. The van der Waals surface area contributed by atoms with Gasteiger partial charge in [0, 0.05) is 13.0 Å². The fourth-order valence-corrected chi connectivity index (χ4v) is 2.87. The van der Waals surface area contributed by atoms with Crippen LogP contribution in [0, 0.1) is 5.92 Å². The molecule has 1 rings (SSSR count). The first-order valence-electron chi connectivity index (χ1n) is 8.74. The van der Waals surface area contributed by atoms with Gasteiger partial charge in [-0.3, -0.25) is 4.79 Å². The molecule has 2 amide bonds. The Morgan fingerprint density at radius 3 is 2.43 bits per heavy atom. The number of rotatable bonds is 8. The van der Waals surface area contributed by atoms with Gasteiger partial charge >= 0.3 is 6.09 Å². The van der Waals surface area contributed by atoms with Crippen LogP contribution in [0.5, 0.6) is 0 Å². The van der Waals surface area contributed by atoms with Crippen molar-refractivity contribution in [1.29, 1.82) is 0 Å². The highest BCUT2D eigenvalue weighted by molar-refractivity contribution is 5.73. The molecule has 1 aliphatic rings. The summed E-state index contributed by atoms with van der Waals surface area (Å²) in [5.74, 6) is 0.533. The minimum Gasteiger partial charge on any atom is -0.444 e. The first-order valence-corrected chi connectivity index (χ1v) is 8.74. The molecule has 134 valence electrons. The number of alkyl carbamates (subject to hydrolysis) is 1. The number of ether oxygens (including phenoxy) is 1. The molecule has 0 unspecified atom stereocenters. The van der Waals surface area contributed by atoms with Crippen molar-refractivity contribution in [2.24, 2.45) is 11.7 Å². The minimum absolute atomic E-state index is 0.195. The molecule has 0 aliphatic carbocycles. The highest BCUT2D eigenvalue weighted by Crippen LogP contribution is 2.22. The maximum Gasteiger partial charge on any atom is 0.407 e. The Morgan fingerprint density at radius 2 is 1.87 bits per heavy atom. The lowest BCUT2D eigenvalue weighted by Gasteiger charge is -2.32. The maximum absolute atomic E-state index is 11.5. The van der Waals surface area contributed by atoms with Crippen molar-refractivity contribution in [2.45, 2.75) is 64.9 Å². The Morgan fingerprint density at radius 1 is 1.22 bits per heavy atom. The Labute approximate surface area is 140 Å². The van der Waals surface area contributed by atoms with Crippen LogP contribution in [0.3, 0.4) is 0 Å². The summed E-state index contributed by atoms with van der Waals surface area (Å²) in [4.78, 5) is 24.7. The van der Waals surface area contributed by atoms with Gasteiger partial charge in [0.1, 0.15) is 5.60 Å². The second kappa shape index (κ2) is 9.75. The second-order valence-corrected chi connectivity index (χ2v) is 7.43. The zero-order chi connectivity index (χ0) is 17.3. The maximum atomic E-state index is 11.5. The summed E-state index contributed by atoms with van der Waals surface area (Å²) in [7, 11) is 0. The SMILES string of the molecule is CC(C)(C)OC(=O)NCCCN1CCC(CCCC(N)=O)CC1. The molecule has 1 aliphatic heterocycles. The summed E-state index contributed by atoms with van der Waals surface area (Å²) in [5, 5.41) is 2.79. The number of nitrogens with two attached hydrogens (primary N) is 1. The van der Waals surface area contributed by atoms with Gasteiger partial charge in [-0.1, -0.05) is 0 Å². The van der Waals surface area contributed by atoms with Gasteiger partial charge in [0.05, 0.1) is 0 Å². The van der Waals surface area contributed by atoms with E-state index >= 15 is 0 Å². The van der Waals surface area contributed by atoms with Crippen molar-refractivity contribution in [3.8, 4) is 0 Å². The molecule has 0 spiro atoms. The van der Waals surface area contributed by atoms with Crippen molar-refractivity contribution in [3.63, 3.8) is 0 Å². The smallest absolute Gasteiger partial charge is 0.407 e. The van der Waals surface area contributed by atoms with Crippen LogP contribution in [0.1, 0.15) is 59.3 Å². The molecule has 6 heteroatoms. The number of piperidine rings is 1. The third-order valence-electron chi connectivity index (χ3n) is 4.06. The van der Waals surface area contributed by atoms with Gasteiger partial charge in [0.15, 0.2) is 0 Å². The molecule has 1 saturated heterocycles. The Kier molecular flexibility index (Phi) is 8.37. The molecule has 1 heterocycles. The Hall–Kier alpha value is -1.30. The van der Waals surface area contributed by atoms with E-state index < -0.39 is 5.60 Å². The highest BCUT2D eigenvalue weighted by atomic mass is 16.6. The number of hydrogen-bond acceptors (Lipinski definition) is 4. The van der Waals surface area contributed by atoms with Crippen LogP contribution in [-0.2, 0) is 9.53 Å². The zero-order valence-electron chi connectivity index (χ0n) is 14.9. The first kappa shape index (κ1) is 19.7. The molecule has 0 aromatic rings. The molecule has 0 radical (unpaired) electrons. The molecule has 0 saturated carbocycles. The normalized spacial score (nSPS) is 17.0. The van der Waals surface area contributed by atoms with Gasteiger partial charge in [-0.25, -0.2) is 4.79 Å². The molecule has 0 bridgehead atoms. The van der Waals surface area contributed by atoms with Gasteiger partial charge in [-0.2, -0.15) is 0 Å². The van der Waals surface area contributed by atoms with Crippen LogP contribution in [0.15, 0.2) is 0 Å². The van der Waals surface area contributed by atoms with Crippen LogP contribution in [0.2, 0.25) is 0 Å². The van der Waals surface area contributed by atoms with E-state index in [4.69, 9.17) is 10.5 Å². The van der Waals surface area contributed by atoms with Crippen LogP contribution in [0.25, 0.3) is 0 Å². The molecule has 0 aromatic heterocycles. The number of hydrogen-bond donors (Lipinski definition) is 2. The fourth-order valence-electron chi connectivity index (χ4n) is 2.87. The van der Waals surface area contributed by atoms with E-state index in [-0.39, 0.29) is 12.0 Å². The van der Waals surface area contributed by atoms with Crippen molar-refractivity contribution in [2.75, 3.05) is 26.2 Å². The highest BCUT2D eigenvalue weighted by Gasteiger charge is 2.19. The average molecular weight is 327 g/mol. The monoisotopic (exact) mass is 327 g/mol. The van der Waals surface area contributed by atoms with Crippen LogP contribution in [0.4, 0.5) is 4.79 Å². The number of carbonyl (C=O) groups excluding carboxylic acids is 2. The van der Waals surface area contributed by atoms with E-state index in [0.717, 1.165) is 44.8 Å². The van der Waals surface area contributed by atoms with E-state index in [1.54, 1.807) is 0 Å². The topological polar surface area (TPSA) is 84.7 Å². The number of carbonyl (C=O) groups is 2. The van der Waals surface area contributed by atoms with Gasteiger partial charge in [0.25, 0.3) is 0 Å². The van der Waals surface area contributed by atoms with Crippen LogP contribution >= 0.6 is 0 Å². The van der Waals surface area contributed by atoms with Crippen LogP contribution in [-0.4, -0.2) is 48.7 Å². The van der Waals surface area contributed by atoms with Crippen LogP contribution < -0.4 is 11.1 Å². The number of primary amides is 1. The lowest BCUT2D eigenvalue weighted by atomic mass is 9.91. The summed E-state index contributed by atoms with van der Waals surface area (Å²) in [6.07, 6.45) is 5.51. The summed E-state index contributed by atoms with van der Waals surface area (Å²) in [5.41, 5.74) is 4.72. The van der Waals surface area contributed by atoms with Gasteiger partial charge in [-0.05, 0) is 78.4 Å². The minimum atomic E-state index is -0.444. The van der Waals surface area contributed by atoms with Gasteiger partial charge in [0.2, 0.25) is 5.91 Å². The fraction of sp³-hybridized carbons (Fsp3) is 0.882. The summed E-state index contributed by atoms with van der Waals surface area (Å²) in [6, 6.07) is 0. The Balaban J connectivity index is 2.04. The third kappa shape index (κ3) is 10.2. The summed E-state index contributed by atoms with van der Waals surface area (Å²) < 4.78 is 5.20. The third-order valence-corrected chi connectivity index (χ3v) is 4.06. The van der Waals surface area contributed by atoms with E-state index in [2.05, 4.69) is 10.2 Å². The van der Waals surface area contributed by atoms with Crippen molar-refractivity contribution >= 4 is 12.0 Å². The number of amides is 2. The van der Waals surface area contributed by atoms with E-state index in [1.165, 1.54) is 12.8 Å². The summed E-state index contributed by atoms with van der Waals surface area (Å²) in [6.45, 7) is 9.44. The summed E-state index contributed by atoms with van der Waals surface area (Å²) >= 11 is 0. The van der Waals surface area contributed by atoms with Crippen molar-refractivity contribution < 1.29 is 14.3 Å². The molecule has 3 N–H and O–H groups in total. The Bertz CT molecular complexity index is 372. The van der Waals surface area contributed by atoms with Gasteiger partial charge < -0.3 is 20.7 Å². The molecular weight excluding hydrogens is 294 g/mol.